The Morgan fingerprint density at radius 1 is 0.333 bits per heavy atom. The lowest BCUT2D eigenvalue weighted by Crippen LogP contribution is -3.00. The largest absolute Gasteiger partial charge is 1.00 e. The van der Waals surface area contributed by atoms with Crippen molar-refractivity contribution < 1.29 is 16.9 Å². The SMILES string of the molecule is [Cl-].c1ccc(C[N+](Cc2ccccc2)(Cc2ccccc2)Cc2ccccc2)cc1. The molecule has 4 aromatic rings. The van der Waals surface area contributed by atoms with Gasteiger partial charge in [0, 0.05) is 22.3 Å². The highest BCUT2D eigenvalue weighted by Gasteiger charge is 2.29. The molecule has 4 aromatic carbocycles. The second-order valence-corrected chi connectivity index (χ2v) is 7.92. The van der Waals surface area contributed by atoms with Gasteiger partial charge < -0.3 is 16.9 Å². The lowest BCUT2D eigenvalue weighted by Gasteiger charge is -2.39. The van der Waals surface area contributed by atoms with Crippen molar-refractivity contribution in [2.45, 2.75) is 26.2 Å². The highest BCUT2D eigenvalue weighted by Crippen LogP contribution is 2.27. The minimum atomic E-state index is 0. The maximum atomic E-state index is 2.26. The topological polar surface area (TPSA) is 0 Å². The first-order valence-corrected chi connectivity index (χ1v) is 10.3. The van der Waals surface area contributed by atoms with Crippen LogP contribution in [0.5, 0.6) is 0 Å². The summed E-state index contributed by atoms with van der Waals surface area (Å²) in [6, 6.07) is 43.7. The van der Waals surface area contributed by atoms with E-state index in [1.54, 1.807) is 0 Å². The van der Waals surface area contributed by atoms with E-state index in [2.05, 4.69) is 121 Å². The Balaban J connectivity index is 0.00000256. The van der Waals surface area contributed by atoms with E-state index >= 15 is 0 Å². The first-order valence-electron chi connectivity index (χ1n) is 10.3. The third-order valence-corrected chi connectivity index (χ3v) is 5.44. The van der Waals surface area contributed by atoms with Crippen molar-refractivity contribution in [3.05, 3.63) is 144 Å². The Bertz CT molecular complexity index is 814. The lowest BCUT2D eigenvalue weighted by atomic mass is 10.0. The van der Waals surface area contributed by atoms with Gasteiger partial charge in [0.25, 0.3) is 0 Å². The number of quaternary nitrogens is 1. The molecule has 0 aliphatic carbocycles. The molecule has 0 bridgehead atoms. The summed E-state index contributed by atoms with van der Waals surface area (Å²) in [5.74, 6) is 0. The van der Waals surface area contributed by atoms with Crippen molar-refractivity contribution >= 4 is 0 Å². The van der Waals surface area contributed by atoms with Gasteiger partial charge in [-0.2, -0.15) is 0 Å². The number of nitrogens with zero attached hydrogens (tertiary/aromatic N) is 1. The van der Waals surface area contributed by atoms with E-state index in [-0.39, 0.29) is 12.4 Å². The summed E-state index contributed by atoms with van der Waals surface area (Å²) in [7, 11) is 0. The van der Waals surface area contributed by atoms with Crippen LogP contribution in [0.25, 0.3) is 0 Å². The van der Waals surface area contributed by atoms with Crippen molar-refractivity contribution in [3.63, 3.8) is 0 Å². The number of hydrogen-bond acceptors (Lipinski definition) is 0. The molecule has 4 rings (SSSR count). The molecule has 0 heterocycles. The lowest BCUT2D eigenvalue weighted by molar-refractivity contribution is -0.978. The molecule has 0 N–H and O–H groups in total. The zero-order chi connectivity index (χ0) is 19.8. The van der Waals surface area contributed by atoms with Crippen LogP contribution in [0, 0.1) is 0 Å². The first kappa shape index (κ1) is 21.8. The maximum Gasteiger partial charge on any atom is 0.105 e. The van der Waals surface area contributed by atoms with E-state index in [4.69, 9.17) is 0 Å². The molecule has 0 saturated carbocycles. The molecule has 0 amide bonds. The van der Waals surface area contributed by atoms with Crippen molar-refractivity contribution in [1.29, 1.82) is 0 Å². The normalized spacial score (nSPS) is 10.9. The third-order valence-electron chi connectivity index (χ3n) is 5.44. The molecule has 0 unspecified atom stereocenters. The molecule has 0 fully saturated rings. The summed E-state index contributed by atoms with van der Waals surface area (Å²) in [5, 5.41) is 0. The minimum Gasteiger partial charge on any atom is -1.00 e. The van der Waals surface area contributed by atoms with Gasteiger partial charge in [0.2, 0.25) is 0 Å². The van der Waals surface area contributed by atoms with Crippen LogP contribution in [-0.4, -0.2) is 4.48 Å². The molecule has 0 spiro atoms. The van der Waals surface area contributed by atoms with Gasteiger partial charge in [0.05, 0.1) is 0 Å². The fourth-order valence-electron chi connectivity index (χ4n) is 4.22. The molecule has 1 nitrogen and oxygen atoms in total. The Labute approximate surface area is 186 Å². The molecule has 0 aromatic heterocycles. The maximum absolute atomic E-state index is 2.26. The summed E-state index contributed by atoms with van der Waals surface area (Å²) in [6.07, 6.45) is 0. The van der Waals surface area contributed by atoms with E-state index < -0.39 is 0 Å². The van der Waals surface area contributed by atoms with Crippen molar-refractivity contribution in [3.8, 4) is 0 Å². The smallest absolute Gasteiger partial charge is 0.105 e. The number of hydrogen-bond donors (Lipinski definition) is 0. The average Bonchev–Trinajstić information content (AvgIpc) is 2.76. The fourth-order valence-corrected chi connectivity index (χ4v) is 4.22. The van der Waals surface area contributed by atoms with Crippen LogP contribution < -0.4 is 12.4 Å². The van der Waals surface area contributed by atoms with Crippen LogP contribution in [-0.2, 0) is 26.2 Å². The summed E-state index contributed by atoms with van der Waals surface area (Å²) >= 11 is 0. The molecule has 30 heavy (non-hydrogen) atoms. The van der Waals surface area contributed by atoms with Gasteiger partial charge in [-0.1, -0.05) is 121 Å². The summed E-state index contributed by atoms with van der Waals surface area (Å²) in [5.41, 5.74) is 5.54. The van der Waals surface area contributed by atoms with Gasteiger partial charge in [-0.15, -0.1) is 0 Å². The molecule has 152 valence electrons. The summed E-state index contributed by atoms with van der Waals surface area (Å²) < 4.78 is 0.960. The highest BCUT2D eigenvalue weighted by atomic mass is 35.5. The molecule has 0 aliphatic heterocycles. The van der Waals surface area contributed by atoms with Crippen LogP contribution in [0.15, 0.2) is 121 Å². The molecule has 0 saturated heterocycles. The second kappa shape index (κ2) is 10.8. The molecule has 0 atom stereocenters. The molecular weight excluding hydrogens is 386 g/mol. The number of halogens is 1. The van der Waals surface area contributed by atoms with E-state index in [0.29, 0.717) is 0 Å². The van der Waals surface area contributed by atoms with Crippen LogP contribution in [0.1, 0.15) is 22.3 Å². The van der Waals surface area contributed by atoms with Gasteiger partial charge in [-0.25, -0.2) is 0 Å². The average molecular weight is 414 g/mol. The monoisotopic (exact) mass is 413 g/mol. The number of rotatable bonds is 8. The Kier molecular flexibility index (Phi) is 7.84. The molecule has 2 heteroatoms. The van der Waals surface area contributed by atoms with E-state index in [9.17, 15) is 0 Å². The Morgan fingerprint density at radius 2 is 0.533 bits per heavy atom. The van der Waals surface area contributed by atoms with E-state index in [0.717, 1.165) is 30.7 Å². The predicted octanol–water partition coefficient (Wildman–Crippen LogP) is 3.61. The van der Waals surface area contributed by atoms with Gasteiger partial charge in [0.15, 0.2) is 0 Å². The molecule has 0 aliphatic rings. The minimum absolute atomic E-state index is 0. The highest BCUT2D eigenvalue weighted by molar-refractivity contribution is 5.19. The Morgan fingerprint density at radius 3 is 0.733 bits per heavy atom. The molecular formula is C28H28ClN. The fraction of sp³-hybridized carbons (Fsp3) is 0.143. The van der Waals surface area contributed by atoms with Crippen molar-refractivity contribution in [1.82, 2.24) is 0 Å². The standard InChI is InChI=1S/C28H28N.ClH/c1-5-13-25(14-6-1)21-29(22-26-15-7-2-8-16-26,23-27-17-9-3-10-18-27)24-28-19-11-4-12-20-28;/h1-20H,21-24H2;1H/q+1;/p-1. The third kappa shape index (κ3) is 6.06. The van der Waals surface area contributed by atoms with Crippen LogP contribution in [0.3, 0.4) is 0 Å². The Hall–Kier alpha value is -2.87. The van der Waals surface area contributed by atoms with Gasteiger partial charge in [0.1, 0.15) is 26.2 Å². The second-order valence-electron chi connectivity index (χ2n) is 7.92. The summed E-state index contributed by atoms with van der Waals surface area (Å²) in [4.78, 5) is 0. The van der Waals surface area contributed by atoms with Gasteiger partial charge >= 0.3 is 0 Å². The first-order chi connectivity index (χ1) is 14.3. The van der Waals surface area contributed by atoms with Crippen molar-refractivity contribution in [2.75, 3.05) is 0 Å². The van der Waals surface area contributed by atoms with Gasteiger partial charge in [-0.3, -0.25) is 0 Å². The van der Waals surface area contributed by atoms with Gasteiger partial charge in [-0.05, 0) is 0 Å². The van der Waals surface area contributed by atoms with Crippen LogP contribution in [0.4, 0.5) is 0 Å². The zero-order valence-electron chi connectivity index (χ0n) is 17.2. The zero-order valence-corrected chi connectivity index (χ0v) is 18.0. The van der Waals surface area contributed by atoms with Crippen molar-refractivity contribution in [2.24, 2.45) is 0 Å². The number of benzene rings is 4. The summed E-state index contributed by atoms with van der Waals surface area (Å²) in [6.45, 7) is 4.00. The predicted molar refractivity (Wildman–Crippen MR) is 121 cm³/mol. The quantitative estimate of drug-likeness (QED) is 0.387. The van der Waals surface area contributed by atoms with Crippen LogP contribution in [0.2, 0.25) is 0 Å². The van der Waals surface area contributed by atoms with E-state index in [1.165, 1.54) is 22.3 Å². The van der Waals surface area contributed by atoms with E-state index in [1.807, 2.05) is 0 Å². The molecule has 0 radical (unpaired) electrons. The van der Waals surface area contributed by atoms with Crippen LogP contribution >= 0.6 is 0 Å².